The van der Waals surface area contributed by atoms with E-state index in [1.807, 2.05) is 37.9 Å². The van der Waals surface area contributed by atoms with Crippen molar-refractivity contribution in [1.82, 2.24) is 0 Å². The second-order valence-electron chi connectivity index (χ2n) is 5.14. The van der Waals surface area contributed by atoms with Crippen LogP contribution in [0.1, 0.15) is 21.5 Å². The Balaban J connectivity index is 2.15. The molecule has 0 aliphatic rings. The summed E-state index contributed by atoms with van der Waals surface area (Å²) in [6, 6.07) is 12.0. The molecule has 0 bridgehead atoms. The lowest BCUT2D eigenvalue weighted by atomic mass is 10.1. The smallest absolute Gasteiger partial charge is 0.182 e. The third-order valence-electron chi connectivity index (χ3n) is 3.17. The van der Waals surface area contributed by atoms with Crippen LogP contribution >= 0.6 is 0 Å². The maximum atomic E-state index is 13.1. The summed E-state index contributed by atoms with van der Waals surface area (Å²) < 4.78 is 13.1. The second-order valence-corrected chi connectivity index (χ2v) is 5.14. The van der Waals surface area contributed by atoms with Gasteiger partial charge in [-0.25, -0.2) is 4.39 Å². The summed E-state index contributed by atoms with van der Waals surface area (Å²) in [6.45, 7) is 4.28. The summed E-state index contributed by atoms with van der Waals surface area (Å²) in [4.78, 5) is 14.0. The van der Waals surface area contributed by atoms with E-state index in [1.54, 1.807) is 12.1 Å². The Kier molecular flexibility index (Phi) is 4.18. The molecule has 2 nitrogen and oxygen atoms in total. The van der Waals surface area contributed by atoms with Crippen molar-refractivity contribution < 1.29 is 9.18 Å². The molecular formula is C17H18FNO. The van der Waals surface area contributed by atoms with Crippen LogP contribution in [0.4, 0.5) is 10.1 Å². The number of benzene rings is 2. The number of carbonyl (C=O) groups is 1. The molecule has 2 aromatic rings. The Morgan fingerprint density at radius 2 is 1.75 bits per heavy atom. The van der Waals surface area contributed by atoms with Gasteiger partial charge in [0.1, 0.15) is 5.82 Å². The Morgan fingerprint density at radius 1 is 1.10 bits per heavy atom. The van der Waals surface area contributed by atoms with Crippen LogP contribution < -0.4 is 4.90 Å². The van der Waals surface area contributed by atoms with Gasteiger partial charge in [-0.2, -0.15) is 0 Å². The molecule has 0 aromatic heterocycles. The largest absolute Gasteiger partial charge is 0.367 e. The highest BCUT2D eigenvalue weighted by atomic mass is 19.1. The lowest BCUT2D eigenvalue weighted by Gasteiger charge is -2.19. The van der Waals surface area contributed by atoms with Crippen molar-refractivity contribution in [3.63, 3.8) is 0 Å². The number of aryl methyl sites for hydroxylation is 2. The van der Waals surface area contributed by atoms with Gasteiger partial charge < -0.3 is 4.90 Å². The molecule has 0 aliphatic carbocycles. The van der Waals surface area contributed by atoms with E-state index in [1.165, 1.54) is 12.1 Å². The van der Waals surface area contributed by atoms with E-state index < -0.39 is 0 Å². The van der Waals surface area contributed by atoms with Crippen LogP contribution in [-0.4, -0.2) is 19.4 Å². The third kappa shape index (κ3) is 3.44. The van der Waals surface area contributed by atoms with Crippen molar-refractivity contribution in [2.75, 3.05) is 18.5 Å². The Labute approximate surface area is 118 Å². The minimum atomic E-state index is -0.384. The van der Waals surface area contributed by atoms with Gasteiger partial charge >= 0.3 is 0 Å². The van der Waals surface area contributed by atoms with Crippen LogP contribution in [0, 0.1) is 19.7 Å². The van der Waals surface area contributed by atoms with Crippen LogP contribution in [-0.2, 0) is 0 Å². The lowest BCUT2D eigenvalue weighted by molar-refractivity contribution is 0.1000. The number of halogens is 1. The monoisotopic (exact) mass is 271 g/mol. The van der Waals surface area contributed by atoms with Crippen molar-refractivity contribution in [2.45, 2.75) is 13.8 Å². The van der Waals surface area contributed by atoms with Crippen LogP contribution in [0.3, 0.4) is 0 Å². The van der Waals surface area contributed by atoms with Crippen LogP contribution in [0.25, 0.3) is 0 Å². The molecule has 0 heterocycles. The number of likely N-dealkylation sites (N-methyl/N-ethyl adjacent to an activating group) is 1. The van der Waals surface area contributed by atoms with E-state index >= 15 is 0 Å². The molecule has 0 radical (unpaired) electrons. The predicted octanol–water partition coefficient (Wildman–Crippen LogP) is 3.76. The van der Waals surface area contributed by atoms with Gasteiger partial charge in [0.2, 0.25) is 0 Å². The summed E-state index contributed by atoms with van der Waals surface area (Å²) in [6.07, 6.45) is 0. The van der Waals surface area contributed by atoms with Gasteiger partial charge in [-0.3, -0.25) is 4.79 Å². The quantitative estimate of drug-likeness (QED) is 0.789. The molecule has 0 unspecified atom stereocenters. The molecule has 20 heavy (non-hydrogen) atoms. The third-order valence-corrected chi connectivity index (χ3v) is 3.17. The normalized spacial score (nSPS) is 10.4. The number of anilines is 1. The summed E-state index contributed by atoms with van der Waals surface area (Å²) in [5, 5.41) is 0. The number of ketones is 1. The van der Waals surface area contributed by atoms with E-state index in [0.717, 1.165) is 16.8 Å². The number of rotatable bonds is 4. The highest BCUT2D eigenvalue weighted by Gasteiger charge is 2.11. The maximum Gasteiger partial charge on any atom is 0.182 e. The highest BCUT2D eigenvalue weighted by Crippen LogP contribution is 2.18. The zero-order chi connectivity index (χ0) is 14.7. The molecule has 2 aromatic carbocycles. The van der Waals surface area contributed by atoms with E-state index in [4.69, 9.17) is 0 Å². The molecule has 0 saturated heterocycles. The first kappa shape index (κ1) is 14.3. The summed E-state index contributed by atoms with van der Waals surface area (Å²) in [5.41, 5.74) is 3.71. The SMILES string of the molecule is Cc1cc(C)cc(N(C)CC(=O)c2cccc(F)c2)c1. The van der Waals surface area contributed by atoms with E-state index in [-0.39, 0.29) is 18.1 Å². The average Bonchev–Trinajstić information content (AvgIpc) is 2.37. The summed E-state index contributed by atoms with van der Waals surface area (Å²) in [5.74, 6) is -0.476. The van der Waals surface area contributed by atoms with Crippen molar-refractivity contribution >= 4 is 11.5 Å². The first-order chi connectivity index (χ1) is 9.45. The molecule has 0 N–H and O–H groups in total. The average molecular weight is 271 g/mol. The fraction of sp³-hybridized carbons (Fsp3) is 0.235. The van der Waals surface area contributed by atoms with Gasteiger partial charge in [0.25, 0.3) is 0 Å². The minimum Gasteiger partial charge on any atom is -0.367 e. The number of carbonyl (C=O) groups excluding carboxylic acids is 1. The van der Waals surface area contributed by atoms with Gasteiger partial charge in [0.05, 0.1) is 6.54 Å². The van der Waals surface area contributed by atoms with Gasteiger partial charge in [0.15, 0.2) is 5.78 Å². The molecule has 0 fully saturated rings. The number of hydrogen-bond donors (Lipinski definition) is 0. The molecule has 2 rings (SSSR count). The molecule has 0 saturated carbocycles. The van der Waals surface area contributed by atoms with Crippen molar-refractivity contribution in [3.8, 4) is 0 Å². The molecule has 3 heteroatoms. The zero-order valence-corrected chi connectivity index (χ0v) is 12.0. The first-order valence-electron chi connectivity index (χ1n) is 6.54. The Morgan fingerprint density at radius 3 is 2.35 bits per heavy atom. The Bertz CT molecular complexity index is 616. The van der Waals surface area contributed by atoms with Crippen molar-refractivity contribution in [3.05, 3.63) is 65.0 Å². The van der Waals surface area contributed by atoms with Gasteiger partial charge in [0, 0.05) is 18.3 Å². The molecular weight excluding hydrogens is 253 g/mol. The zero-order valence-electron chi connectivity index (χ0n) is 12.0. The predicted molar refractivity (Wildman–Crippen MR) is 79.9 cm³/mol. The highest BCUT2D eigenvalue weighted by molar-refractivity contribution is 5.99. The molecule has 0 aliphatic heterocycles. The Hall–Kier alpha value is -2.16. The topological polar surface area (TPSA) is 20.3 Å². The van der Waals surface area contributed by atoms with E-state index in [0.29, 0.717) is 5.56 Å². The minimum absolute atomic E-state index is 0.0915. The van der Waals surface area contributed by atoms with Gasteiger partial charge in [-0.15, -0.1) is 0 Å². The number of nitrogens with zero attached hydrogens (tertiary/aromatic N) is 1. The first-order valence-corrected chi connectivity index (χ1v) is 6.54. The molecule has 104 valence electrons. The van der Waals surface area contributed by atoms with Gasteiger partial charge in [-0.1, -0.05) is 18.2 Å². The summed E-state index contributed by atoms with van der Waals surface area (Å²) >= 11 is 0. The van der Waals surface area contributed by atoms with E-state index in [9.17, 15) is 9.18 Å². The van der Waals surface area contributed by atoms with Crippen LogP contribution in [0.5, 0.6) is 0 Å². The number of hydrogen-bond acceptors (Lipinski definition) is 2. The number of Topliss-reactive ketones (excluding diaryl/α,β-unsaturated/α-hetero) is 1. The second kappa shape index (κ2) is 5.87. The standard InChI is InChI=1S/C17H18FNO/c1-12-7-13(2)9-16(8-12)19(3)11-17(20)14-5-4-6-15(18)10-14/h4-10H,11H2,1-3H3. The van der Waals surface area contributed by atoms with Gasteiger partial charge in [-0.05, 0) is 49.2 Å². The fourth-order valence-corrected chi connectivity index (χ4v) is 2.23. The summed E-state index contributed by atoms with van der Waals surface area (Å²) in [7, 11) is 1.87. The van der Waals surface area contributed by atoms with E-state index in [2.05, 4.69) is 6.07 Å². The van der Waals surface area contributed by atoms with Crippen LogP contribution in [0.15, 0.2) is 42.5 Å². The van der Waals surface area contributed by atoms with Crippen molar-refractivity contribution in [2.24, 2.45) is 0 Å². The molecule has 0 atom stereocenters. The lowest BCUT2D eigenvalue weighted by Crippen LogP contribution is -2.25. The molecule has 0 amide bonds. The van der Waals surface area contributed by atoms with Crippen LogP contribution in [0.2, 0.25) is 0 Å². The maximum absolute atomic E-state index is 13.1. The van der Waals surface area contributed by atoms with Crippen molar-refractivity contribution in [1.29, 1.82) is 0 Å². The fourth-order valence-electron chi connectivity index (χ4n) is 2.23. The molecule has 0 spiro atoms.